The van der Waals surface area contributed by atoms with E-state index in [1.807, 2.05) is 19.1 Å². The maximum atomic E-state index is 10.5. The van der Waals surface area contributed by atoms with Gasteiger partial charge in [0.15, 0.2) is 0 Å². The number of allylic oxidation sites excluding steroid dienone is 3. The molecule has 1 aromatic carbocycles. The Labute approximate surface area is 134 Å². The van der Waals surface area contributed by atoms with Gasteiger partial charge in [-0.2, -0.15) is 0 Å². The highest BCUT2D eigenvalue weighted by Crippen LogP contribution is 2.47. The van der Waals surface area contributed by atoms with Gasteiger partial charge in [-0.05, 0) is 56.7 Å². The zero-order valence-corrected chi connectivity index (χ0v) is 14.0. The van der Waals surface area contributed by atoms with E-state index in [-0.39, 0.29) is 23.3 Å². The van der Waals surface area contributed by atoms with Gasteiger partial charge in [0.05, 0.1) is 0 Å². The summed E-state index contributed by atoms with van der Waals surface area (Å²) >= 11 is 0. The Balaban J connectivity index is 2.29. The first kappa shape index (κ1) is 16.7. The van der Waals surface area contributed by atoms with Crippen LogP contribution in [0.1, 0.15) is 63.5 Å². The first-order valence-corrected chi connectivity index (χ1v) is 8.31. The lowest BCUT2D eigenvalue weighted by Gasteiger charge is -2.22. The molecule has 2 atom stereocenters. The van der Waals surface area contributed by atoms with Gasteiger partial charge < -0.3 is 10.2 Å². The Kier molecular flexibility index (Phi) is 5.33. The summed E-state index contributed by atoms with van der Waals surface area (Å²) in [5.74, 6) is 0.729. The van der Waals surface area contributed by atoms with Crippen molar-refractivity contribution in [2.75, 3.05) is 0 Å². The fourth-order valence-electron chi connectivity index (χ4n) is 3.47. The number of phenols is 2. The summed E-state index contributed by atoms with van der Waals surface area (Å²) in [6.07, 6.45) is 7.44. The molecule has 22 heavy (non-hydrogen) atoms. The molecule has 1 aliphatic rings. The molecule has 1 aliphatic carbocycles. The number of rotatable bonds is 6. The molecular weight excluding hydrogens is 272 g/mol. The largest absolute Gasteiger partial charge is 0.507 e. The molecule has 0 heterocycles. The molecule has 0 bridgehead atoms. The third-order valence-corrected chi connectivity index (χ3v) is 4.67. The van der Waals surface area contributed by atoms with E-state index >= 15 is 0 Å². The summed E-state index contributed by atoms with van der Waals surface area (Å²) in [5.41, 5.74) is 4.06. The van der Waals surface area contributed by atoms with Gasteiger partial charge >= 0.3 is 0 Å². The van der Waals surface area contributed by atoms with E-state index in [1.54, 1.807) is 0 Å². The highest BCUT2D eigenvalue weighted by atomic mass is 16.3. The van der Waals surface area contributed by atoms with Gasteiger partial charge in [-0.1, -0.05) is 43.6 Å². The van der Waals surface area contributed by atoms with Crippen LogP contribution in [0.15, 0.2) is 35.9 Å². The number of aryl methyl sites for hydroxylation is 1. The number of hydrogen-bond acceptors (Lipinski definition) is 2. The molecule has 0 aromatic heterocycles. The molecule has 2 heteroatoms. The second kappa shape index (κ2) is 7.04. The Bertz CT molecular complexity index is 560. The summed E-state index contributed by atoms with van der Waals surface area (Å²) in [6.45, 7) is 10.4. The molecule has 0 fully saturated rings. The first-order valence-electron chi connectivity index (χ1n) is 8.31. The Morgan fingerprint density at radius 1 is 1.23 bits per heavy atom. The van der Waals surface area contributed by atoms with Gasteiger partial charge in [0, 0.05) is 11.5 Å². The molecule has 0 aliphatic heterocycles. The highest BCUT2D eigenvalue weighted by molar-refractivity contribution is 5.52. The van der Waals surface area contributed by atoms with Crippen LogP contribution in [-0.4, -0.2) is 10.2 Å². The van der Waals surface area contributed by atoms with E-state index in [9.17, 15) is 10.2 Å². The molecular formula is C20H28O2. The van der Waals surface area contributed by atoms with Crippen LogP contribution >= 0.6 is 0 Å². The summed E-state index contributed by atoms with van der Waals surface area (Å²) in [5, 5.41) is 20.9. The van der Waals surface area contributed by atoms with Gasteiger partial charge in [0.2, 0.25) is 0 Å². The van der Waals surface area contributed by atoms with Gasteiger partial charge in [-0.15, -0.1) is 0 Å². The number of phenolic OH excluding ortho intramolecular Hbond substituents is 2. The van der Waals surface area contributed by atoms with Crippen LogP contribution < -0.4 is 0 Å². The van der Waals surface area contributed by atoms with Crippen molar-refractivity contribution in [2.45, 2.75) is 58.8 Å². The van der Waals surface area contributed by atoms with Crippen molar-refractivity contribution in [3.05, 3.63) is 47.1 Å². The second-order valence-corrected chi connectivity index (χ2v) is 6.70. The standard InChI is InChI=1S/C20H28O2/c1-5-6-7-8-15-11-18(21)20(19(22)12-15)17-10-14(4)9-16(17)13(2)3/h10-12,16-17,21-22H,2,5-9H2,1,3-4H3/t16-,17+/m0/s1. The van der Waals surface area contributed by atoms with Gasteiger partial charge in [0.25, 0.3) is 0 Å². The number of unbranched alkanes of at least 4 members (excludes halogenated alkanes) is 2. The summed E-state index contributed by atoms with van der Waals surface area (Å²) in [6, 6.07) is 3.64. The fraction of sp³-hybridized carbons (Fsp3) is 0.500. The number of benzene rings is 1. The van der Waals surface area contributed by atoms with Crippen molar-refractivity contribution in [1.82, 2.24) is 0 Å². The van der Waals surface area contributed by atoms with Crippen molar-refractivity contribution in [3.63, 3.8) is 0 Å². The monoisotopic (exact) mass is 300 g/mol. The zero-order chi connectivity index (χ0) is 16.3. The third kappa shape index (κ3) is 3.55. The van der Waals surface area contributed by atoms with E-state index < -0.39 is 0 Å². The van der Waals surface area contributed by atoms with Crippen molar-refractivity contribution < 1.29 is 10.2 Å². The Hall–Kier alpha value is -1.70. The highest BCUT2D eigenvalue weighted by Gasteiger charge is 2.31. The molecule has 120 valence electrons. The molecule has 0 saturated heterocycles. The third-order valence-electron chi connectivity index (χ3n) is 4.67. The van der Waals surface area contributed by atoms with Crippen LogP contribution in [0.3, 0.4) is 0 Å². The van der Waals surface area contributed by atoms with E-state index in [4.69, 9.17) is 0 Å². The lowest BCUT2D eigenvalue weighted by Crippen LogP contribution is -2.08. The topological polar surface area (TPSA) is 40.5 Å². The molecule has 0 radical (unpaired) electrons. The lowest BCUT2D eigenvalue weighted by molar-refractivity contribution is 0.422. The summed E-state index contributed by atoms with van der Waals surface area (Å²) < 4.78 is 0. The molecule has 2 rings (SSSR count). The molecule has 0 unspecified atom stereocenters. The Morgan fingerprint density at radius 2 is 1.86 bits per heavy atom. The van der Waals surface area contributed by atoms with Crippen LogP contribution in [-0.2, 0) is 6.42 Å². The van der Waals surface area contributed by atoms with Crippen LogP contribution in [0.2, 0.25) is 0 Å². The maximum Gasteiger partial charge on any atom is 0.123 e. The van der Waals surface area contributed by atoms with Crippen LogP contribution in [0.5, 0.6) is 11.5 Å². The molecule has 0 amide bonds. The predicted octanol–water partition coefficient (Wildman–Crippen LogP) is 5.46. The quantitative estimate of drug-likeness (QED) is 0.541. The maximum absolute atomic E-state index is 10.5. The van der Waals surface area contributed by atoms with Crippen molar-refractivity contribution in [1.29, 1.82) is 0 Å². The van der Waals surface area contributed by atoms with Gasteiger partial charge in [-0.25, -0.2) is 0 Å². The smallest absolute Gasteiger partial charge is 0.123 e. The first-order chi connectivity index (χ1) is 10.4. The minimum atomic E-state index is 0.0298. The van der Waals surface area contributed by atoms with Crippen molar-refractivity contribution >= 4 is 0 Å². The van der Waals surface area contributed by atoms with E-state index in [2.05, 4.69) is 26.5 Å². The second-order valence-electron chi connectivity index (χ2n) is 6.70. The van der Waals surface area contributed by atoms with Gasteiger partial charge in [0.1, 0.15) is 11.5 Å². The molecule has 0 spiro atoms. The minimum absolute atomic E-state index is 0.0298. The van der Waals surface area contributed by atoms with Crippen LogP contribution in [0.25, 0.3) is 0 Å². The average Bonchev–Trinajstić information content (AvgIpc) is 2.80. The van der Waals surface area contributed by atoms with Crippen LogP contribution in [0.4, 0.5) is 0 Å². The summed E-state index contributed by atoms with van der Waals surface area (Å²) in [4.78, 5) is 0. The van der Waals surface area contributed by atoms with Crippen LogP contribution in [0, 0.1) is 5.92 Å². The molecule has 1 aromatic rings. The molecule has 2 nitrogen and oxygen atoms in total. The lowest BCUT2D eigenvalue weighted by atomic mass is 9.83. The summed E-state index contributed by atoms with van der Waals surface area (Å²) in [7, 11) is 0. The van der Waals surface area contributed by atoms with Gasteiger partial charge in [-0.3, -0.25) is 0 Å². The Morgan fingerprint density at radius 3 is 2.41 bits per heavy atom. The predicted molar refractivity (Wildman–Crippen MR) is 92.4 cm³/mol. The fourth-order valence-corrected chi connectivity index (χ4v) is 3.47. The minimum Gasteiger partial charge on any atom is -0.507 e. The van der Waals surface area contributed by atoms with E-state index in [0.29, 0.717) is 5.56 Å². The number of aromatic hydroxyl groups is 2. The van der Waals surface area contributed by atoms with Crippen molar-refractivity contribution in [2.24, 2.45) is 5.92 Å². The molecule has 0 saturated carbocycles. The van der Waals surface area contributed by atoms with E-state index in [1.165, 1.54) is 18.4 Å². The zero-order valence-electron chi connectivity index (χ0n) is 14.0. The van der Waals surface area contributed by atoms with Crippen molar-refractivity contribution in [3.8, 4) is 11.5 Å². The SMILES string of the molecule is C=C(C)[C@@H]1CC(C)=C[C@H]1c1c(O)cc(CCCCC)cc1O. The van der Waals surface area contributed by atoms with E-state index in [0.717, 1.165) is 30.4 Å². The molecule has 2 N–H and O–H groups in total. The average molecular weight is 300 g/mol. The normalized spacial score (nSPS) is 21.0. The number of hydrogen-bond donors (Lipinski definition) is 2.